The SMILES string of the molecule is Cc1ccc(NC(=O)CSc2nnc(Nc3ccc(C)c(C)c3)s2)c(S(=O)(=O)N2CCCCC2)c1. The van der Waals surface area contributed by atoms with Crippen molar-refractivity contribution in [2.75, 3.05) is 29.5 Å². The summed E-state index contributed by atoms with van der Waals surface area (Å²) >= 11 is 2.62. The average molecular weight is 532 g/mol. The molecule has 2 aromatic carbocycles. The molecule has 2 heterocycles. The van der Waals surface area contributed by atoms with Crippen LogP contribution in [0.15, 0.2) is 45.6 Å². The monoisotopic (exact) mass is 531 g/mol. The molecule has 1 aromatic heterocycles. The van der Waals surface area contributed by atoms with Gasteiger partial charge in [0.2, 0.25) is 21.1 Å². The summed E-state index contributed by atoms with van der Waals surface area (Å²) in [6, 6.07) is 11.2. The molecule has 0 atom stereocenters. The molecule has 3 aromatic rings. The van der Waals surface area contributed by atoms with E-state index in [0.717, 1.165) is 30.5 Å². The second-order valence-electron chi connectivity index (χ2n) is 8.60. The average Bonchev–Trinajstić information content (AvgIpc) is 3.29. The number of benzene rings is 2. The van der Waals surface area contributed by atoms with Crippen LogP contribution < -0.4 is 10.6 Å². The molecule has 0 saturated carbocycles. The van der Waals surface area contributed by atoms with E-state index in [9.17, 15) is 13.2 Å². The molecule has 0 spiro atoms. The third-order valence-corrected chi connectivity index (χ3v) is 9.75. The number of aryl methyl sites for hydroxylation is 3. The van der Waals surface area contributed by atoms with Gasteiger partial charge in [0, 0.05) is 18.8 Å². The topological polar surface area (TPSA) is 104 Å². The molecule has 1 amide bonds. The van der Waals surface area contributed by atoms with Crippen molar-refractivity contribution in [1.82, 2.24) is 14.5 Å². The minimum atomic E-state index is -3.68. The second-order valence-corrected chi connectivity index (χ2v) is 12.7. The highest BCUT2D eigenvalue weighted by molar-refractivity contribution is 8.01. The molecule has 0 radical (unpaired) electrons. The number of piperidine rings is 1. The van der Waals surface area contributed by atoms with Crippen molar-refractivity contribution >= 4 is 55.5 Å². The number of sulfonamides is 1. The molecule has 0 unspecified atom stereocenters. The predicted molar refractivity (Wildman–Crippen MR) is 142 cm³/mol. The fraction of sp³-hybridized carbons (Fsp3) is 0.375. The first-order chi connectivity index (χ1) is 16.7. The Balaban J connectivity index is 1.39. The molecule has 0 bridgehead atoms. The lowest BCUT2D eigenvalue weighted by atomic mass is 10.1. The van der Waals surface area contributed by atoms with Gasteiger partial charge in [0.25, 0.3) is 0 Å². The van der Waals surface area contributed by atoms with Crippen LogP contribution in [0.2, 0.25) is 0 Å². The number of carbonyl (C=O) groups is 1. The predicted octanol–water partition coefficient (Wildman–Crippen LogP) is 5.11. The number of thioether (sulfide) groups is 1. The molecule has 8 nitrogen and oxygen atoms in total. The molecule has 2 N–H and O–H groups in total. The van der Waals surface area contributed by atoms with E-state index in [2.05, 4.69) is 34.7 Å². The molecule has 1 aliphatic rings. The zero-order valence-electron chi connectivity index (χ0n) is 20.0. The number of amides is 1. The lowest BCUT2D eigenvalue weighted by molar-refractivity contribution is -0.113. The molecule has 1 aliphatic heterocycles. The van der Waals surface area contributed by atoms with Gasteiger partial charge in [0.15, 0.2) is 4.34 Å². The Morgan fingerprint density at radius 3 is 2.54 bits per heavy atom. The Morgan fingerprint density at radius 2 is 1.80 bits per heavy atom. The summed E-state index contributed by atoms with van der Waals surface area (Å²) in [6.07, 6.45) is 2.74. The van der Waals surface area contributed by atoms with Gasteiger partial charge in [-0.3, -0.25) is 4.79 Å². The van der Waals surface area contributed by atoms with E-state index in [4.69, 9.17) is 0 Å². The number of nitrogens with one attached hydrogen (secondary N) is 2. The fourth-order valence-electron chi connectivity index (χ4n) is 3.77. The van der Waals surface area contributed by atoms with Gasteiger partial charge in [-0.25, -0.2) is 8.42 Å². The Labute approximate surface area is 214 Å². The zero-order chi connectivity index (χ0) is 25.0. The molecule has 4 rings (SSSR count). The second kappa shape index (κ2) is 11.1. The maximum absolute atomic E-state index is 13.3. The Morgan fingerprint density at radius 1 is 1.03 bits per heavy atom. The van der Waals surface area contributed by atoms with Crippen LogP contribution in [0.1, 0.15) is 36.0 Å². The molecule has 1 saturated heterocycles. The number of anilines is 3. The summed E-state index contributed by atoms with van der Waals surface area (Å²) in [5.74, 6) is -0.206. The highest BCUT2D eigenvalue weighted by Crippen LogP contribution is 2.30. The lowest BCUT2D eigenvalue weighted by Crippen LogP contribution is -2.36. The highest BCUT2D eigenvalue weighted by atomic mass is 32.2. The van der Waals surface area contributed by atoms with Crippen molar-refractivity contribution in [3.8, 4) is 0 Å². The Kier molecular flexibility index (Phi) is 8.10. The van der Waals surface area contributed by atoms with Crippen LogP contribution in [-0.4, -0.2) is 47.7 Å². The molecular formula is C24H29N5O3S3. The third-order valence-electron chi connectivity index (χ3n) is 5.84. The Hall–Kier alpha value is -2.47. The number of rotatable bonds is 8. The van der Waals surface area contributed by atoms with E-state index >= 15 is 0 Å². The first-order valence-corrected chi connectivity index (χ1v) is 14.7. The maximum atomic E-state index is 13.3. The van der Waals surface area contributed by atoms with Gasteiger partial charge in [-0.15, -0.1) is 10.2 Å². The Bertz CT molecular complexity index is 1320. The standard InChI is InChI=1S/C24H29N5O3S3/c1-16-7-10-20(21(13-16)35(31,32)29-11-5-4-6-12-29)26-22(30)15-33-24-28-27-23(34-24)25-19-9-8-17(2)18(3)14-19/h7-10,13-14H,4-6,11-12,15H2,1-3H3,(H,25,27)(H,26,30). The van der Waals surface area contributed by atoms with E-state index in [1.165, 1.54) is 38.5 Å². The van der Waals surface area contributed by atoms with E-state index in [-0.39, 0.29) is 16.6 Å². The van der Waals surface area contributed by atoms with E-state index in [1.807, 2.05) is 25.1 Å². The smallest absolute Gasteiger partial charge is 0.245 e. The summed E-state index contributed by atoms with van der Waals surface area (Å²) in [7, 11) is -3.68. The van der Waals surface area contributed by atoms with Crippen LogP contribution in [0.4, 0.5) is 16.5 Å². The van der Waals surface area contributed by atoms with Gasteiger partial charge < -0.3 is 10.6 Å². The number of hydrogen-bond donors (Lipinski definition) is 2. The van der Waals surface area contributed by atoms with Crippen LogP contribution >= 0.6 is 23.1 Å². The summed E-state index contributed by atoms with van der Waals surface area (Å²) in [4.78, 5) is 12.8. The quantitative estimate of drug-likeness (QED) is 0.389. The van der Waals surface area contributed by atoms with Crippen LogP contribution in [0.25, 0.3) is 0 Å². The first kappa shape index (κ1) is 25.6. The van der Waals surface area contributed by atoms with Crippen LogP contribution in [0.5, 0.6) is 0 Å². The van der Waals surface area contributed by atoms with E-state index in [1.54, 1.807) is 18.2 Å². The number of aromatic nitrogens is 2. The minimum Gasteiger partial charge on any atom is -0.330 e. The zero-order valence-corrected chi connectivity index (χ0v) is 22.4. The lowest BCUT2D eigenvalue weighted by Gasteiger charge is -2.27. The molecule has 0 aliphatic carbocycles. The fourth-order valence-corrected chi connectivity index (χ4v) is 7.09. The van der Waals surface area contributed by atoms with Crippen molar-refractivity contribution in [2.24, 2.45) is 0 Å². The minimum absolute atomic E-state index is 0.0926. The van der Waals surface area contributed by atoms with E-state index < -0.39 is 10.0 Å². The van der Waals surface area contributed by atoms with Crippen molar-refractivity contribution < 1.29 is 13.2 Å². The number of nitrogens with zero attached hydrogens (tertiary/aromatic N) is 3. The van der Waals surface area contributed by atoms with Crippen molar-refractivity contribution in [2.45, 2.75) is 49.3 Å². The molecule has 35 heavy (non-hydrogen) atoms. The first-order valence-electron chi connectivity index (χ1n) is 11.4. The van der Waals surface area contributed by atoms with Gasteiger partial charge >= 0.3 is 0 Å². The van der Waals surface area contributed by atoms with Crippen molar-refractivity contribution in [3.63, 3.8) is 0 Å². The normalized spacial score (nSPS) is 14.6. The summed E-state index contributed by atoms with van der Waals surface area (Å²) in [6.45, 7) is 6.98. The summed E-state index contributed by atoms with van der Waals surface area (Å²) in [5.41, 5.74) is 4.46. The molecule has 186 valence electrons. The third kappa shape index (κ3) is 6.40. The molecular weight excluding hydrogens is 502 g/mol. The molecule has 1 fully saturated rings. The van der Waals surface area contributed by atoms with Crippen molar-refractivity contribution in [3.05, 3.63) is 53.1 Å². The van der Waals surface area contributed by atoms with Gasteiger partial charge in [-0.2, -0.15) is 4.31 Å². The van der Waals surface area contributed by atoms with E-state index in [0.29, 0.717) is 28.2 Å². The molecule has 11 heteroatoms. The van der Waals surface area contributed by atoms with Crippen molar-refractivity contribution in [1.29, 1.82) is 0 Å². The maximum Gasteiger partial charge on any atom is 0.245 e. The summed E-state index contributed by atoms with van der Waals surface area (Å²) < 4.78 is 28.7. The van der Waals surface area contributed by atoms with Gasteiger partial charge in [-0.1, -0.05) is 41.7 Å². The van der Waals surface area contributed by atoms with Gasteiger partial charge in [-0.05, 0) is 74.6 Å². The largest absolute Gasteiger partial charge is 0.330 e. The number of carbonyl (C=O) groups excluding carboxylic acids is 1. The highest BCUT2D eigenvalue weighted by Gasteiger charge is 2.29. The van der Waals surface area contributed by atoms with Gasteiger partial charge in [0.05, 0.1) is 11.4 Å². The van der Waals surface area contributed by atoms with Crippen LogP contribution in [0, 0.1) is 20.8 Å². The summed E-state index contributed by atoms with van der Waals surface area (Å²) in [5, 5.41) is 15.0. The number of hydrogen-bond acceptors (Lipinski definition) is 8. The van der Waals surface area contributed by atoms with Gasteiger partial charge in [0.1, 0.15) is 4.90 Å². The van der Waals surface area contributed by atoms with Crippen LogP contribution in [-0.2, 0) is 14.8 Å². The van der Waals surface area contributed by atoms with Crippen LogP contribution in [0.3, 0.4) is 0 Å².